The molecule has 0 bridgehead atoms. The molecule has 3 rings (SSSR count). The number of sulfonamides is 1. The molecule has 3 N–H and O–H groups in total. The van der Waals surface area contributed by atoms with Crippen molar-refractivity contribution in [2.45, 2.75) is 17.9 Å². The maximum Gasteiger partial charge on any atom is 0.262 e. The molecule has 1 heterocycles. The van der Waals surface area contributed by atoms with Crippen molar-refractivity contribution in [3.05, 3.63) is 48.3 Å². The molecule has 2 aromatic rings. The summed E-state index contributed by atoms with van der Waals surface area (Å²) in [6.45, 7) is 1.24. The molecule has 0 fully saturated rings. The van der Waals surface area contributed by atoms with Crippen LogP contribution in [-0.4, -0.2) is 32.9 Å². The standard InChI is InChI=1S/C17H16FN3O5S/c1-10(21-27(24,25)15-5-3-2-4-12(15)18)17(23)19-11-6-7-14-13(8-11)20-16(22)9-26-14/h2-8,10,21H,9H2,1H3,(H,19,23)(H,20,22)/t10-/m0/s1. The number of carbonyl (C=O) groups is 2. The second kappa shape index (κ2) is 7.33. The van der Waals surface area contributed by atoms with Crippen LogP contribution in [-0.2, 0) is 19.6 Å². The van der Waals surface area contributed by atoms with E-state index in [1.165, 1.54) is 25.1 Å². The summed E-state index contributed by atoms with van der Waals surface area (Å²) >= 11 is 0. The van der Waals surface area contributed by atoms with Crippen molar-refractivity contribution in [1.29, 1.82) is 0 Å². The number of nitrogens with one attached hydrogen (secondary N) is 3. The lowest BCUT2D eigenvalue weighted by molar-refractivity contribution is -0.118. The zero-order valence-corrected chi connectivity index (χ0v) is 15.0. The number of benzene rings is 2. The van der Waals surface area contributed by atoms with E-state index in [2.05, 4.69) is 15.4 Å². The highest BCUT2D eigenvalue weighted by Crippen LogP contribution is 2.30. The highest BCUT2D eigenvalue weighted by atomic mass is 32.2. The Morgan fingerprint density at radius 2 is 2.00 bits per heavy atom. The number of hydrogen-bond acceptors (Lipinski definition) is 5. The molecule has 0 unspecified atom stereocenters. The molecule has 27 heavy (non-hydrogen) atoms. The smallest absolute Gasteiger partial charge is 0.262 e. The largest absolute Gasteiger partial charge is 0.482 e. The maximum atomic E-state index is 13.7. The van der Waals surface area contributed by atoms with Gasteiger partial charge in [-0.05, 0) is 37.3 Å². The summed E-state index contributed by atoms with van der Waals surface area (Å²) in [7, 11) is -4.21. The Kier molecular flexibility index (Phi) is 5.10. The number of halogens is 1. The van der Waals surface area contributed by atoms with Crippen LogP contribution >= 0.6 is 0 Å². The minimum atomic E-state index is -4.21. The highest BCUT2D eigenvalue weighted by Gasteiger charge is 2.25. The van der Waals surface area contributed by atoms with E-state index in [0.29, 0.717) is 17.1 Å². The number of ether oxygens (including phenoxy) is 1. The number of amides is 2. The van der Waals surface area contributed by atoms with Crippen LogP contribution < -0.4 is 20.1 Å². The van der Waals surface area contributed by atoms with Crippen LogP contribution in [0, 0.1) is 5.82 Å². The molecule has 1 atom stereocenters. The predicted octanol–water partition coefficient (Wildman–Crippen LogP) is 1.46. The molecule has 2 amide bonds. The van der Waals surface area contributed by atoms with Gasteiger partial charge in [-0.1, -0.05) is 12.1 Å². The molecular weight excluding hydrogens is 377 g/mol. The molecule has 0 spiro atoms. The van der Waals surface area contributed by atoms with Gasteiger partial charge in [0, 0.05) is 5.69 Å². The number of carbonyl (C=O) groups excluding carboxylic acids is 2. The molecule has 0 aliphatic carbocycles. The van der Waals surface area contributed by atoms with Crippen LogP contribution in [0.5, 0.6) is 5.75 Å². The average molecular weight is 393 g/mol. The van der Waals surface area contributed by atoms with Gasteiger partial charge in [0.1, 0.15) is 16.5 Å². The van der Waals surface area contributed by atoms with Gasteiger partial charge in [0.05, 0.1) is 11.7 Å². The van der Waals surface area contributed by atoms with E-state index in [1.807, 2.05) is 0 Å². The van der Waals surface area contributed by atoms with Gasteiger partial charge in [0.2, 0.25) is 15.9 Å². The number of fused-ring (bicyclic) bond motifs is 1. The van der Waals surface area contributed by atoms with Crippen molar-refractivity contribution < 1.29 is 27.1 Å². The molecule has 0 aromatic heterocycles. The normalized spacial score (nSPS) is 14.5. The van der Waals surface area contributed by atoms with Crippen LogP contribution in [0.4, 0.5) is 15.8 Å². The lowest BCUT2D eigenvalue weighted by Crippen LogP contribution is -2.41. The van der Waals surface area contributed by atoms with E-state index in [-0.39, 0.29) is 12.5 Å². The van der Waals surface area contributed by atoms with Gasteiger partial charge in [-0.2, -0.15) is 4.72 Å². The fraction of sp³-hybridized carbons (Fsp3) is 0.176. The van der Waals surface area contributed by atoms with E-state index in [0.717, 1.165) is 12.1 Å². The van der Waals surface area contributed by atoms with Crippen LogP contribution in [0.3, 0.4) is 0 Å². The molecule has 1 aliphatic rings. The first-order chi connectivity index (χ1) is 12.8. The molecule has 0 radical (unpaired) electrons. The van der Waals surface area contributed by atoms with E-state index in [9.17, 15) is 22.4 Å². The van der Waals surface area contributed by atoms with Crippen LogP contribution in [0.1, 0.15) is 6.92 Å². The molecule has 142 valence electrons. The van der Waals surface area contributed by atoms with Crippen LogP contribution in [0.15, 0.2) is 47.4 Å². The molecular formula is C17H16FN3O5S. The number of anilines is 2. The Hall–Kier alpha value is -2.98. The molecule has 0 saturated carbocycles. The van der Waals surface area contributed by atoms with E-state index in [1.54, 1.807) is 12.1 Å². The van der Waals surface area contributed by atoms with E-state index < -0.39 is 32.7 Å². The number of rotatable bonds is 5. The summed E-state index contributed by atoms with van der Waals surface area (Å²) in [5.41, 5.74) is 0.727. The first-order valence-corrected chi connectivity index (χ1v) is 9.39. The lowest BCUT2D eigenvalue weighted by atomic mass is 10.2. The van der Waals surface area contributed by atoms with Gasteiger partial charge in [0.15, 0.2) is 6.61 Å². The minimum absolute atomic E-state index is 0.0897. The second-order valence-corrected chi connectivity index (χ2v) is 7.49. The lowest BCUT2D eigenvalue weighted by Gasteiger charge is -2.19. The Balaban J connectivity index is 1.70. The topological polar surface area (TPSA) is 114 Å². The zero-order chi connectivity index (χ0) is 19.6. The quantitative estimate of drug-likeness (QED) is 0.712. The predicted molar refractivity (Wildman–Crippen MR) is 95.4 cm³/mol. The third-order valence-corrected chi connectivity index (χ3v) is 5.31. The van der Waals surface area contributed by atoms with Gasteiger partial charge in [-0.3, -0.25) is 9.59 Å². The Bertz CT molecular complexity index is 1010. The van der Waals surface area contributed by atoms with Crippen LogP contribution in [0.2, 0.25) is 0 Å². The first kappa shape index (κ1) is 18.8. The van der Waals surface area contributed by atoms with Crippen LogP contribution in [0.25, 0.3) is 0 Å². The van der Waals surface area contributed by atoms with Crippen molar-refractivity contribution in [3.63, 3.8) is 0 Å². The molecule has 8 nitrogen and oxygen atoms in total. The number of hydrogen-bond donors (Lipinski definition) is 3. The van der Waals surface area contributed by atoms with Crippen molar-refractivity contribution >= 4 is 33.2 Å². The van der Waals surface area contributed by atoms with Crippen molar-refractivity contribution in [2.24, 2.45) is 0 Å². The SMILES string of the molecule is C[C@H](NS(=O)(=O)c1ccccc1F)C(=O)Nc1ccc2c(c1)NC(=O)CO2. The monoisotopic (exact) mass is 393 g/mol. The summed E-state index contributed by atoms with van der Waals surface area (Å²) in [6.07, 6.45) is 0. The summed E-state index contributed by atoms with van der Waals surface area (Å²) in [4.78, 5) is 23.1. The highest BCUT2D eigenvalue weighted by molar-refractivity contribution is 7.89. The summed E-state index contributed by atoms with van der Waals surface area (Å²) in [5, 5.41) is 5.13. The van der Waals surface area contributed by atoms with Gasteiger partial charge < -0.3 is 15.4 Å². The maximum absolute atomic E-state index is 13.7. The molecule has 10 heteroatoms. The van der Waals surface area contributed by atoms with Gasteiger partial charge in [0.25, 0.3) is 5.91 Å². The second-order valence-electron chi connectivity index (χ2n) is 5.81. The Labute approximate surface area is 154 Å². The zero-order valence-electron chi connectivity index (χ0n) is 14.2. The van der Waals surface area contributed by atoms with Gasteiger partial charge in [-0.25, -0.2) is 12.8 Å². The first-order valence-electron chi connectivity index (χ1n) is 7.91. The minimum Gasteiger partial charge on any atom is -0.482 e. The van der Waals surface area contributed by atoms with E-state index >= 15 is 0 Å². The molecule has 1 aliphatic heterocycles. The fourth-order valence-electron chi connectivity index (χ4n) is 2.42. The third kappa shape index (κ3) is 4.23. The van der Waals surface area contributed by atoms with E-state index in [4.69, 9.17) is 4.74 Å². The van der Waals surface area contributed by atoms with Crippen molar-refractivity contribution in [1.82, 2.24) is 4.72 Å². The Morgan fingerprint density at radius 1 is 1.26 bits per heavy atom. The molecule has 0 saturated heterocycles. The summed E-state index contributed by atoms with van der Waals surface area (Å²) in [5.74, 6) is -1.43. The van der Waals surface area contributed by atoms with Gasteiger partial charge in [-0.15, -0.1) is 0 Å². The van der Waals surface area contributed by atoms with Crippen molar-refractivity contribution in [3.8, 4) is 5.75 Å². The summed E-state index contributed by atoms with van der Waals surface area (Å²) in [6, 6.07) is 8.30. The van der Waals surface area contributed by atoms with Crippen molar-refractivity contribution in [2.75, 3.05) is 17.2 Å². The fourth-order valence-corrected chi connectivity index (χ4v) is 3.71. The Morgan fingerprint density at radius 3 is 2.74 bits per heavy atom. The third-order valence-electron chi connectivity index (χ3n) is 3.73. The molecule has 2 aromatic carbocycles. The average Bonchev–Trinajstić information content (AvgIpc) is 2.61. The summed E-state index contributed by atoms with van der Waals surface area (Å²) < 4.78 is 45.6. The van der Waals surface area contributed by atoms with Gasteiger partial charge >= 0.3 is 0 Å².